The Morgan fingerprint density at radius 2 is 1.52 bits per heavy atom. The molecular formula is C16H25Cl2F3N2. The molecule has 134 valence electrons. The molecule has 1 aliphatic rings. The van der Waals surface area contributed by atoms with Crippen molar-refractivity contribution >= 4 is 24.8 Å². The lowest BCUT2D eigenvalue weighted by molar-refractivity contribution is 0.153. The largest absolute Gasteiger partial charge is 0.314 e. The van der Waals surface area contributed by atoms with Crippen molar-refractivity contribution in [3.05, 3.63) is 35.1 Å². The van der Waals surface area contributed by atoms with E-state index in [2.05, 4.69) is 24.1 Å². The third kappa shape index (κ3) is 6.14. The third-order valence-corrected chi connectivity index (χ3v) is 3.99. The average Bonchev–Trinajstić information content (AvgIpc) is 2.42. The number of hydrogen-bond donors (Lipinski definition) is 1. The van der Waals surface area contributed by atoms with E-state index in [0.29, 0.717) is 12.3 Å². The van der Waals surface area contributed by atoms with Crippen LogP contribution in [0.15, 0.2) is 12.1 Å². The van der Waals surface area contributed by atoms with Crippen LogP contribution in [0.2, 0.25) is 0 Å². The Labute approximate surface area is 148 Å². The predicted octanol–water partition coefficient (Wildman–Crippen LogP) is 4.33. The molecule has 0 bridgehead atoms. The van der Waals surface area contributed by atoms with Crippen molar-refractivity contribution < 1.29 is 13.2 Å². The second kappa shape index (κ2) is 10.4. The minimum atomic E-state index is -0.864. The van der Waals surface area contributed by atoms with Crippen molar-refractivity contribution in [2.75, 3.05) is 26.2 Å². The van der Waals surface area contributed by atoms with Crippen LogP contribution in [-0.4, -0.2) is 31.1 Å². The maximum Gasteiger partial charge on any atom is 0.133 e. The van der Waals surface area contributed by atoms with Gasteiger partial charge in [0.2, 0.25) is 0 Å². The molecule has 1 saturated heterocycles. The number of halogens is 5. The number of piperazine rings is 1. The van der Waals surface area contributed by atoms with Crippen molar-refractivity contribution in [3.63, 3.8) is 0 Å². The number of rotatable bonds is 5. The smallest absolute Gasteiger partial charge is 0.133 e. The van der Waals surface area contributed by atoms with Crippen LogP contribution in [0.25, 0.3) is 0 Å². The molecule has 1 atom stereocenters. The Hall–Kier alpha value is -0.490. The summed E-state index contributed by atoms with van der Waals surface area (Å²) in [5, 5.41) is 3.24. The van der Waals surface area contributed by atoms with Crippen LogP contribution < -0.4 is 5.32 Å². The summed E-state index contributed by atoms with van der Waals surface area (Å²) in [6.45, 7) is 7.29. The first kappa shape index (κ1) is 22.5. The Bertz CT molecular complexity index is 457. The van der Waals surface area contributed by atoms with Crippen molar-refractivity contribution in [1.82, 2.24) is 10.2 Å². The number of benzene rings is 1. The molecule has 23 heavy (non-hydrogen) atoms. The third-order valence-electron chi connectivity index (χ3n) is 3.99. The van der Waals surface area contributed by atoms with Crippen LogP contribution in [0.4, 0.5) is 13.2 Å². The summed E-state index contributed by atoms with van der Waals surface area (Å²) in [7, 11) is 0. The Balaban J connectivity index is 0.00000242. The molecule has 0 saturated carbocycles. The van der Waals surface area contributed by atoms with Gasteiger partial charge in [0.25, 0.3) is 0 Å². The molecule has 1 N–H and O–H groups in total. The van der Waals surface area contributed by atoms with E-state index in [4.69, 9.17) is 0 Å². The van der Waals surface area contributed by atoms with Gasteiger partial charge in [-0.3, -0.25) is 4.90 Å². The highest BCUT2D eigenvalue weighted by Gasteiger charge is 2.28. The molecule has 0 radical (unpaired) electrons. The molecule has 0 amide bonds. The number of nitrogens with zero attached hydrogens (tertiary/aromatic N) is 1. The second-order valence-corrected chi connectivity index (χ2v) is 6.06. The Morgan fingerprint density at radius 1 is 1.00 bits per heavy atom. The van der Waals surface area contributed by atoms with Crippen molar-refractivity contribution in [1.29, 1.82) is 0 Å². The van der Waals surface area contributed by atoms with E-state index in [1.165, 1.54) is 0 Å². The van der Waals surface area contributed by atoms with Crippen LogP contribution in [0, 0.1) is 23.4 Å². The van der Waals surface area contributed by atoms with Crippen LogP contribution in [0.3, 0.4) is 0 Å². The highest BCUT2D eigenvalue weighted by atomic mass is 35.5. The first-order valence-corrected chi connectivity index (χ1v) is 7.58. The molecule has 0 aromatic heterocycles. The fraction of sp³-hybridized carbons (Fsp3) is 0.625. The fourth-order valence-corrected chi connectivity index (χ4v) is 2.87. The van der Waals surface area contributed by atoms with E-state index < -0.39 is 17.5 Å². The van der Waals surface area contributed by atoms with Crippen LogP contribution in [-0.2, 0) is 0 Å². The number of nitrogens with one attached hydrogen (secondary N) is 1. The van der Waals surface area contributed by atoms with Gasteiger partial charge in [0.05, 0.1) is 0 Å². The van der Waals surface area contributed by atoms with Gasteiger partial charge in [-0.1, -0.05) is 13.8 Å². The molecule has 2 rings (SSSR count). The summed E-state index contributed by atoms with van der Waals surface area (Å²) in [6, 6.07) is 1.24. The topological polar surface area (TPSA) is 15.3 Å². The lowest BCUT2D eigenvalue weighted by atomic mass is 9.95. The minimum absolute atomic E-state index is 0. The Kier molecular flexibility index (Phi) is 10.2. The van der Waals surface area contributed by atoms with Gasteiger partial charge in [0, 0.05) is 49.9 Å². The number of hydrogen-bond acceptors (Lipinski definition) is 2. The zero-order valence-electron chi connectivity index (χ0n) is 13.4. The highest BCUT2D eigenvalue weighted by molar-refractivity contribution is 5.85. The zero-order chi connectivity index (χ0) is 15.4. The maximum absolute atomic E-state index is 14.1. The molecule has 7 heteroatoms. The Morgan fingerprint density at radius 3 is 2.00 bits per heavy atom. The molecule has 1 aromatic rings. The second-order valence-electron chi connectivity index (χ2n) is 6.06. The standard InChI is InChI=1S/C16H23F3N2.2ClH/c1-11(2)3-4-15(21-7-5-20-6-8-21)16-13(18)9-12(17)10-14(16)19;;/h9-11,15,20H,3-8H2,1-2H3;2*1H/t15-;;/m1../s1. The van der Waals surface area contributed by atoms with Gasteiger partial charge in [0.1, 0.15) is 17.5 Å². The molecule has 0 unspecified atom stereocenters. The summed E-state index contributed by atoms with van der Waals surface area (Å²) in [4.78, 5) is 2.10. The van der Waals surface area contributed by atoms with E-state index in [0.717, 1.165) is 44.7 Å². The molecular weight excluding hydrogens is 348 g/mol. The normalized spacial score (nSPS) is 16.6. The first-order valence-electron chi connectivity index (χ1n) is 7.58. The van der Waals surface area contributed by atoms with E-state index in [9.17, 15) is 13.2 Å². The van der Waals surface area contributed by atoms with E-state index in [-0.39, 0.29) is 36.4 Å². The average molecular weight is 373 g/mol. The minimum Gasteiger partial charge on any atom is -0.314 e. The van der Waals surface area contributed by atoms with Gasteiger partial charge in [-0.25, -0.2) is 13.2 Å². The summed E-state index contributed by atoms with van der Waals surface area (Å²) < 4.78 is 41.4. The molecule has 0 spiro atoms. The first-order chi connectivity index (χ1) is 9.99. The summed E-state index contributed by atoms with van der Waals surface area (Å²) >= 11 is 0. The quantitative estimate of drug-likeness (QED) is 0.827. The van der Waals surface area contributed by atoms with Crippen LogP contribution >= 0.6 is 24.8 Å². The summed E-state index contributed by atoms with van der Waals surface area (Å²) in [5.74, 6) is -1.96. The summed E-state index contributed by atoms with van der Waals surface area (Å²) in [6.07, 6.45) is 1.56. The highest BCUT2D eigenvalue weighted by Crippen LogP contribution is 2.32. The molecule has 1 fully saturated rings. The summed E-state index contributed by atoms with van der Waals surface area (Å²) in [5.41, 5.74) is 0.0129. The van der Waals surface area contributed by atoms with Crippen molar-refractivity contribution in [3.8, 4) is 0 Å². The monoisotopic (exact) mass is 372 g/mol. The van der Waals surface area contributed by atoms with Crippen molar-refractivity contribution in [2.45, 2.75) is 32.7 Å². The lowest BCUT2D eigenvalue weighted by Crippen LogP contribution is -2.45. The maximum atomic E-state index is 14.1. The van der Waals surface area contributed by atoms with E-state index in [1.54, 1.807) is 0 Å². The predicted molar refractivity (Wildman–Crippen MR) is 92.1 cm³/mol. The molecule has 2 nitrogen and oxygen atoms in total. The van der Waals surface area contributed by atoms with Crippen molar-refractivity contribution in [2.24, 2.45) is 5.92 Å². The SMILES string of the molecule is CC(C)CC[C@H](c1c(F)cc(F)cc1F)N1CCNCC1.Cl.Cl. The molecule has 1 aromatic carbocycles. The molecule has 1 aliphatic heterocycles. The van der Waals surface area contributed by atoms with Gasteiger partial charge in [-0.15, -0.1) is 24.8 Å². The van der Waals surface area contributed by atoms with Gasteiger partial charge in [-0.2, -0.15) is 0 Å². The fourth-order valence-electron chi connectivity index (χ4n) is 2.87. The van der Waals surface area contributed by atoms with Gasteiger partial charge in [0.15, 0.2) is 0 Å². The zero-order valence-corrected chi connectivity index (χ0v) is 15.1. The van der Waals surface area contributed by atoms with Gasteiger partial charge < -0.3 is 5.32 Å². The molecule has 1 heterocycles. The van der Waals surface area contributed by atoms with E-state index >= 15 is 0 Å². The van der Waals surface area contributed by atoms with E-state index in [1.807, 2.05) is 0 Å². The lowest BCUT2D eigenvalue weighted by Gasteiger charge is -2.36. The van der Waals surface area contributed by atoms with Crippen LogP contribution in [0.5, 0.6) is 0 Å². The van der Waals surface area contributed by atoms with Gasteiger partial charge >= 0.3 is 0 Å². The van der Waals surface area contributed by atoms with Crippen LogP contribution in [0.1, 0.15) is 38.3 Å². The van der Waals surface area contributed by atoms with Gasteiger partial charge in [-0.05, 0) is 18.8 Å². The molecule has 0 aliphatic carbocycles.